The molecule has 1 N–H and O–H groups in total. The van der Waals surface area contributed by atoms with E-state index in [1.54, 1.807) is 6.33 Å². The molecule has 6 nitrogen and oxygen atoms in total. The van der Waals surface area contributed by atoms with E-state index in [0.717, 1.165) is 46.4 Å². The highest BCUT2D eigenvalue weighted by molar-refractivity contribution is 9.10. The number of rotatable bonds is 6. The van der Waals surface area contributed by atoms with Crippen molar-refractivity contribution in [2.75, 3.05) is 11.9 Å². The second kappa shape index (κ2) is 7.04. The lowest BCUT2D eigenvalue weighted by Gasteiger charge is -2.07. The van der Waals surface area contributed by atoms with Crippen LogP contribution in [-0.2, 0) is 6.42 Å². The molecule has 0 fully saturated rings. The highest BCUT2D eigenvalue weighted by Gasteiger charge is 2.09. The average Bonchev–Trinajstić information content (AvgIpc) is 3.01. The van der Waals surface area contributed by atoms with Gasteiger partial charge in [0.25, 0.3) is 0 Å². The van der Waals surface area contributed by atoms with Crippen LogP contribution in [0.4, 0.5) is 5.82 Å². The third kappa shape index (κ3) is 3.85. The summed E-state index contributed by atoms with van der Waals surface area (Å²) in [6.07, 6.45) is 3.21. The zero-order valence-corrected chi connectivity index (χ0v) is 14.7. The number of aryl methyl sites for hydroxylation is 1. The monoisotopic (exact) mass is 375 g/mol. The van der Waals surface area contributed by atoms with E-state index in [4.69, 9.17) is 4.52 Å². The number of halogens is 1. The number of aromatic nitrogens is 4. The maximum absolute atomic E-state index is 5.24. The van der Waals surface area contributed by atoms with Crippen LogP contribution in [0.3, 0.4) is 0 Å². The van der Waals surface area contributed by atoms with Gasteiger partial charge >= 0.3 is 0 Å². The second-order valence-electron chi connectivity index (χ2n) is 5.62. The molecule has 0 saturated carbocycles. The first-order chi connectivity index (χ1) is 11.1. The van der Waals surface area contributed by atoms with Crippen molar-refractivity contribution in [2.45, 2.75) is 32.6 Å². The van der Waals surface area contributed by atoms with Crippen LogP contribution in [0, 0.1) is 0 Å². The molecule has 0 amide bonds. The zero-order valence-electron chi connectivity index (χ0n) is 13.1. The Labute approximate surface area is 142 Å². The minimum absolute atomic E-state index is 0.288. The molecule has 0 aliphatic rings. The van der Waals surface area contributed by atoms with E-state index in [9.17, 15) is 0 Å². The van der Waals surface area contributed by atoms with Crippen LogP contribution in [-0.4, -0.2) is 26.7 Å². The Balaban J connectivity index is 1.59. The van der Waals surface area contributed by atoms with Crippen LogP contribution >= 0.6 is 15.9 Å². The quantitative estimate of drug-likeness (QED) is 0.657. The zero-order chi connectivity index (χ0) is 16.2. The Morgan fingerprint density at radius 1 is 1.26 bits per heavy atom. The highest BCUT2D eigenvalue weighted by atomic mass is 79.9. The number of nitrogens with zero attached hydrogens (tertiary/aromatic N) is 4. The predicted molar refractivity (Wildman–Crippen MR) is 92.4 cm³/mol. The first-order valence-corrected chi connectivity index (χ1v) is 8.39. The number of fused-ring (bicyclic) bond motifs is 1. The molecule has 2 aromatic heterocycles. The number of benzene rings is 1. The van der Waals surface area contributed by atoms with Crippen molar-refractivity contribution in [1.82, 2.24) is 20.1 Å². The van der Waals surface area contributed by atoms with Crippen LogP contribution in [0.25, 0.3) is 10.9 Å². The lowest BCUT2D eigenvalue weighted by Crippen LogP contribution is -2.05. The van der Waals surface area contributed by atoms with Crippen LogP contribution in [0.2, 0.25) is 0 Å². The number of anilines is 1. The molecule has 0 bridgehead atoms. The van der Waals surface area contributed by atoms with Crippen molar-refractivity contribution in [3.63, 3.8) is 0 Å². The van der Waals surface area contributed by atoms with Crippen molar-refractivity contribution in [1.29, 1.82) is 0 Å². The summed E-state index contributed by atoms with van der Waals surface area (Å²) in [6, 6.07) is 5.96. The standard InChI is InChI=1S/C16H18BrN5O/c1-10(2)15-21-14(23-22-15)4-3-7-18-16-12-8-11(17)5-6-13(12)19-9-20-16/h5-6,8-10H,3-4,7H2,1-2H3,(H,18,19,20). The van der Waals surface area contributed by atoms with Gasteiger partial charge in [0.2, 0.25) is 5.89 Å². The molecule has 0 atom stereocenters. The third-order valence-corrected chi connectivity index (χ3v) is 3.95. The predicted octanol–water partition coefficient (Wildman–Crippen LogP) is 3.94. The average molecular weight is 376 g/mol. The molecule has 23 heavy (non-hydrogen) atoms. The summed E-state index contributed by atoms with van der Waals surface area (Å²) in [5, 5.41) is 8.33. The van der Waals surface area contributed by atoms with E-state index in [0.29, 0.717) is 5.89 Å². The molecule has 0 saturated heterocycles. The summed E-state index contributed by atoms with van der Waals surface area (Å²) in [6.45, 7) is 4.88. The third-order valence-electron chi connectivity index (χ3n) is 3.46. The molecule has 0 aliphatic heterocycles. The summed E-state index contributed by atoms with van der Waals surface area (Å²) < 4.78 is 6.25. The Morgan fingerprint density at radius 3 is 2.91 bits per heavy atom. The molecule has 0 aliphatic carbocycles. The van der Waals surface area contributed by atoms with E-state index in [2.05, 4.69) is 55.2 Å². The van der Waals surface area contributed by atoms with Gasteiger partial charge in [-0.1, -0.05) is 34.9 Å². The molecule has 120 valence electrons. The Bertz CT molecular complexity index is 802. The van der Waals surface area contributed by atoms with Gasteiger partial charge in [0.05, 0.1) is 5.52 Å². The Hall–Kier alpha value is -2.02. The summed E-state index contributed by atoms with van der Waals surface area (Å²) >= 11 is 3.48. The molecule has 0 radical (unpaired) electrons. The van der Waals surface area contributed by atoms with Crippen molar-refractivity contribution in [2.24, 2.45) is 0 Å². The molecule has 0 unspecified atom stereocenters. The fourth-order valence-corrected chi connectivity index (χ4v) is 2.58. The van der Waals surface area contributed by atoms with Gasteiger partial charge < -0.3 is 9.84 Å². The molecular formula is C16H18BrN5O. The molecule has 2 heterocycles. The maximum Gasteiger partial charge on any atom is 0.226 e. The van der Waals surface area contributed by atoms with E-state index >= 15 is 0 Å². The fourth-order valence-electron chi connectivity index (χ4n) is 2.22. The minimum Gasteiger partial charge on any atom is -0.369 e. The molecule has 3 aromatic rings. The number of hydrogen-bond acceptors (Lipinski definition) is 6. The van der Waals surface area contributed by atoms with Gasteiger partial charge in [-0.2, -0.15) is 4.98 Å². The first kappa shape index (κ1) is 15.9. The number of nitrogens with one attached hydrogen (secondary N) is 1. The first-order valence-electron chi connectivity index (χ1n) is 7.60. The largest absolute Gasteiger partial charge is 0.369 e. The number of hydrogen-bond donors (Lipinski definition) is 1. The molecular weight excluding hydrogens is 358 g/mol. The SMILES string of the molecule is CC(C)c1noc(CCCNc2ncnc3ccc(Br)cc23)n1. The normalized spacial score (nSPS) is 11.3. The van der Waals surface area contributed by atoms with Gasteiger partial charge in [0, 0.05) is 28.7 Å². The van der Waals surface area contributed by atoms with Gasteiger partial charge in [-0.05, 0) is 24.6 Å². The molecule has 0 spiro atoms. The lowest BCUT2D eigenvalue weighted by atomic mass is 10.2. The minimum atomic E-state index is 0.288. The van der Waals surface area contributed by atoms with Crippen LogP contribution in [0.1, 0.15) is 37.9 Å². The molecule has 1 aromatic carbocycles. The van der Waals surface area contributed by atoms with Gasteiger partial charge in [0.15, 0.2) is 5.82 Å². The van der Waals surface area contributed by atoms with Gasteiger partial charge in [-0.15, -0.1) is 0 Å². The van der Waals surface area contributed by atoms with Gasteiger partial charge in [0.1, 0.15) is 12.1 Å². The topological polar surface area (TPSA) is 76.7 Å². The summed E-state index contributed by atoms with van der Waals surface area (Å²) in [4.78, 5) is 13.0. The Morgan fingerprint density at radius 2 is 2.13 bits per heavy atom. The van der Waals surface area contributed by atoms with E-state index in [1.807, 2.05) is 18.2 Å². The molecule has 7 heteroatoms. The van der Waals surface area contributed by atoms with Gasteiger partial charge in [-0.3, -0.25) is 0 Å². The van der Waals surface area contributed by atoms with Crippen LogP contribution in [0.15, 0.2) is 33.5 Å². The van der Waals surface area contributed by atoms with Crippen LogP contribution < -0.4 is 5.32 Å². The van der Waals surface area contributed by atoms with E-state index < -0.39 is 0 Å². The van der Waals surface area contributed by atoms with Crippen molar-refractivity contribution in [3.8, 4) is 0 Å². The van der Waals surface area contributed by atoms with Crippen molar-refractivity contribution < 1.29 is 4.52 Å². The Kier molecular flexibility index (Phi) is 4.85. The maximum atomic E-state index is 5.24. The van der Waals surface area contributed by atoms with Crippen molar-refractivity contribution in [3.05, 3.63) is 40.7 Å². The lowest BCUT2D eigenvalue weighted by molar-refractivity contribution is 0.369. The summed E-state index contributed by atoms with van der Waals surface area (Å²) in [5.41, 5.74) is 0.921. The smallest absolute Gasteiger partial charge is 0.226 e. The highest BCUT2D eigenvalue weighted by Crippen LogP contribution is 2.23. The van der Waals surface area contributed by atoms with Crippen LogP contribution in [0.5, 0.6) is 0 Å². The van der Waals surface area contributed by atoms with Crippen molar-refractivity contribution >= 4 is 32.7 Å². The fraction of sp³-hybridized carbons (Fsp3) is 0.375. The molecule has 3 rings (SSSR count). The van der Waals surface area contributed by atoms with Gasteiger partial charge in [-0.25, -0.2) is 9.97 Å². The summed E-state index contributed by atoms with van der Waals surface area (Å²) in [7, 11) is 0. The summed E-state index contributed by atoms with van der Waals surface area (Å²) in [5.74, 6) is 2.58. The van der Waals surface area contributed by atoms with E-state index in [-0.39, 0.29) is 5.92 Å². The van der Waals surface area contributed by atoms with E-state index in [1.165, 1.54) is 0 Å². The second-order valence-corrected chi connectivity index (χ2v) is 6.53.